The molecule has 0 saturated heterocycles. The number of hydrogen-bond acceptors (Lipinski definition) is 4. The molecule has 2 amide bonds. The van der Waals surface area contributed by atoms with Crippen LogP contribution in [0.4, 0.5) is 4.39 Å². The lowest BCUT2D eigenvalue weighted by Gasteiger charge is -2.28. The van der Waals surface area contributed by atoms with E-state index in [1.165, 1.54) is 28.5 Å². The highest BCUT2D eigenvalue weighted by Gasteiger charge is 2.26. The Bertz CT molecular complexity index is 1050. The minimum atomic E-state index is -0.340. The number of hydrazine groups is 1. The summed E-state index contributed by atoms with van der Waals surface area (Å²) in [7, 11) is 0. The average Bonchev–Trinajstić information content (AvgIpc) is 3.06. The van der Waals surface area contributed by atoms with E-state index in [1.807, 2.05) is 18.2 Å². The fourth-order valence-corrected chi connectivity index (χ4v) is 4.21. The number of nitrogens with one attached hydrogen (secondary N) is 1. The van der Waals surface area contributed by atoms with Gasteiger partial charge in [0.1, 0.15) is 10.7 Å². The first kappa shape index (κ1) is 18.3. The summed E-state index contributed by atoms with van der Waals surface area (Å²) in [4.78, 5) is 30.3. The van der Waals surface area contributed by atoms with Gasteiger partial charge in [0.25, 0.3) is 11.8 Å². The first-order valence-electron chi connectivity index (χ1n) is 8.93. The van der Waals surface area contributed by atoms with Gasteiger partial charge < -0.3 is 0 Å². The van der Waals surface area contributed by atoms with Crippen molar-refractivity contribution < 1.29 is 14.0 Å². The molecule has 0 fully saturated rings. The fourth-order valence-electron chi connectivity index (χ4n) is 3.22. The van der Waals surface area contributed by atoms with Crippen molar-refractivity contribution in [3.8, 4) is 0 Å². The second-order valence-corrected chi connectivity index (χ2v) is 7.71. The molecule has 1 N–H and O–H groups in total. The number of benzene rings is 2. The number of aryl methyl sites for hydroxylation is 1. The largest absolute Gasteiger partial charge is 0.281 e. The summed E-state index contributed by atoms with van der Waals surface area (Å²) in [6.45, 7) is 2.20. The van der Waals surface area contributed by atoms with Crippen LogP contribution >= 0.6 is 11.3 Å². The number of carbonyl (C=O) groups is 2. The molecule has 0 radical (unpaired) electrons. The third-order valence-electron chi connectivity index (χ3n) is 4.65. The first-order chi connectivity index (χ1) is 13.5. The molecule has 0 atom stereocenters. The van der Waals surface area contributed by atoms with Gasteiger partial charge in [0.05, 0.1) is 10.7 Å². The minimum absolute atomic E-state index is 0.205. The highest BCUT2D eigenvalue weighted by Crippen LogP contribution is 2.22. The van der Waals surface area contributed by atoms with Crippen LogP contribution in [0.3, 0.4) is 0 Å². The molecule has 1 aromatic heterocycles. The molecule has 0 unspecified atom stereocenters. The summed E-state index contributed by atoms with van der Waals surface area (Å²) in [5.74, 6) is -0.830. The minimum Gasteiger partial charge on any atom is -0.267 e. The molecular formula is C21H18FN3O2S. The number of halogens is 1. The third-order valence-corrected chi connectivity index (χ3v) is 5.81. The number of fused-ring (bicyclic) bond motifs is 1. The number of carbonyl (C=O) groups excluding carboxylic acids is 2. The SMILES string of the molecule is Cc1nc(Cc2ccc(F)cc2)sc1C(=O)NN1CCc2ccccc2C1=O. The van der Waals surface area contributed by atoms with Gasteiger partial charge in [-0.2, -0.15) is 0 Å². The molecule has 2 aromatic carbocycles. The lowest BCUT2D eigenvalue weighted by molar-refractivity contribution is 0.0569. The second-order valence-electron chi connectivity index (χ2n) is 6.63. The maximum atomic E-state index is 13.0. The van der Waals surface area contributed by atoms with Crippen LogP contribution in [0, 0.1) is 12.7 Å². The Balaban J connectivity index is 1.47. The quantitative estimate of drug-likeness (QED) is 0.735. The maximum absolute atomic E-state index is 13.0. The van der Waals surface area contributed by atoms with Gasteiger partial charge in [0.15, 0.2) is 0 Å². The van der Waals surface area contributed by atoms with Crippen molar-refractivity contribution in [1.29, 1.82) is 0 Å². The zero-order valence-corrected chi connectivity index (χ0v) is 16.1. The van der Waals surface area contributed by atoms with E-state index in [0.29, 0.717) is 35.5 Å². The number of aromatic nitrogens is 1. The van der Waals surface area contributed by atoms with Crippen LogP contribution in [0.1, 0.15) is 41.9 Å². The van der Waals surface area contributed by atoms with Crippen molar-refractivity contribution in [2.24, 2.45) is 0 Å². The molecule has 1 aliphatic heterocycles. The van der Waals surface area contributed by atoms with Gasteiger partial charge in [0, 0.05) is 18.5 Å². The highest BCUT2D eigenvalue weighted by atomic mass is 32.1. The van der Waals surface area contributed by atoms with Gasteiger partial charge in [-0.05, 0) is 42.7 Å². The Morgan fingerprint density at radius 2 is 1.96 bits per heavy atom. The van der Waals surface area contributed by atoms with Gasteiger partial charge in [-0.15, -0.1) is 11.3 Å². The molecule has 0 bridgehead atoms. The van der Waals surface area contributed by atoms with Crippen molar-refractivity contribution in [3.63, 3.8) is 0 Å². The van der Waals surface area contributed by atoms with E-state index in [4.69, 9.17) is 0 Å². The Morgan fingerprint density at radius 3 is 2.75 bits per heavy atom. The van der Waals surface area contributed by atoms with Gasteiger partial charge in [-0.25, -0.2) is 14.4 Å². The molecule has 0 saturated carbocycles. The molecule has 1 aliphatic rings. The predicted molar refractivity (Wildman–Crippen MR) is 105 cm³/mol. The number of amides is 2. The summed E-state index contributed by atoms with van der Waals surface area (Å²) in [6.07, 6.45) is 1.22. The standard InChI is InChI=1S/C21H18FN3O2S/c1-13-19(28-18(23-13)12-14-6-8-16(22)9-7-14)20(26)24-25-11-10-15-4-2-3-5-17(15)21(25)27/h2-9H,10-12H2,1H3,(H,24,26). The summed E-state index contributed by atoms with van der Waals surface area (Å²) in [5, 5.41) is 2.13. The molecule has 5 nitrogen and oxygen atoms in total. The van der Waals surface area contributed by atoms with Gasteiger partial charge in [0.2, 0.25) is 0 Å². The van der Waals surface area contributed by atoms with Crippen molar-refractivity contribution >= 4 is 23.2 Å². The van der Waals surface area contributed by atoms with Crippen molar-refractivity contribution in [3.05, 3.63) is 86.6 Å². The number of thiazole rings is 1. The Hall–Kier alpha value is -3.06. The van der Waals surface area contributed by atoms with E-state index in [2.05, 4.69) is 10.4 Å². The monoisotopic (exact) mass is 395 g/mol. The van der Waals surface area contributed by atoms with E-state index in [1.54, 1.807) is 25.1 Å². The molecule has 7 heteroatoms. The molecular weight excluding hydrogens is 377 g/mol. The van der Waals surface area contributed by atoms with Crippen LogP contribution in [0.5, 0.6) is 0 Å². The fraction of sp³-hybridized carbons (Fsp3) is 0.190. The smallest absolute Gasteiger partial charge is 0.267 e. The Morgan fingerprint density at radius 1 is 1.21 bits per heavy atom. The van der Waals surface area contributed by atoms with E-state index in [9.17, 15) is 14.0 Å². The lowest BCUT2D eigenvalue weighted by Crippen LogP contribution is -2.49. The topological polar surface area (TPSA) is 62.3 Å². The average molecular weight is 395 g/mol. The summed E-state index contributed by atoms with van der Waals surface area (Å²) >= 11 is 1.29. The lowest BCUT2D eigenvalue weighted by atomic mass is 10.0. The highest BCUT2D eigenvalue weighted by molar-refractivity contribution is 7.13. The Kier molecular flexibility index (Phi) is 4.92. The van der Waals surface area contributed by atoms with Gasteiger partial charge >= 0.3 is 0 Å². The number of rotatable bonds is 4. The Labute approximate surface area is 165 Å². The molecule has 0 aliphatic carbocycles. The van der Waals surface area contributed by atoms with E-state index in [0.717, 1.165) is 16.1 Å². The van der Waals surface area contributed by atoms with Crippen LogP contribution in [0.15, 0.2) is 48.5 Å². The van der Waals surface area contributed by atoms with Crippen molar-refractivity contribution in [2.75, 3.05) is 6.54 Å². The first-order valence-corrected chi connectivity index (χ1v) is 9.74. The number of nitrogens with zero attached hydrogens (tertiary/aromatic N) is 2. The van der Waals surface area contributed by atoms with Crippen LogP contribution in [0.25, 0.3) is 0 Å². The van der Waals surface area contributed by atoms with Crippen molar-refractivity contribution in [2.45, 2.75) is 19.8 Å². The maximum Gasteiger partial charge on any atom is 0.281 e. The van der Waals surface area contributed by atoms with Gasteiger partial charge in [-0.1, -0.05) is 30.3 Å². The van der Waals surface area contributed by atoms with Crippen LogP contribution in [-0.2, 0) is 12.8 Å². The third kappa shape index (κ3) is 3.66. The summed E-state index contributed by atoms with van der Waals surface area (Å²) in [5.41, 5.74) is 5.87. The zero-order chi connectivity index (χ0) is 19.7. The van der Waals surface area contributed by atoms with Crippen molar-refractivity contribution in [1.82, 2.24) is 15.4 Å². The molecule has 2 heterocycles. The van der Waals surface area contributed by atoms with Crippen LogP contribution < -0.4 is 5.43 Å². The van der Waals surface area contributed by atoms with E-state index >= 15 is 0 Å². The second kappa shape index (κ2) is 7.52. The molecule has 4 rings (SSSR count). The van der Waals surface area contributed by atoms with Crippen LogP contribution in [0.2, 0.25) is 0 Å². The van der Waals surface area contributed by atoms with E-state index < -0.39 is 0 Å². The zero-order valence-electron chi connectivity index (χ0n) is 15.2. The normalized spacial score (nSPS) is 13.4. The predicted octanol–water partition coefficient (Wildman–Crippen LogP) is 3.52. The number of hydrogen-bond donors (Lipinski definition) is 1. The molecule has 28 heavy (non-hydrogen) atoms. The molecule has 142 valence electrons. The summed E-state index contributed by atoms with van der Waals surface area (Å²) < 4.78 is 13.0. The van der Waals surface area contributed by atoms with Gasteiger partial charge in [-0.3, -0.25) is 15.0 Å². The van der Waals surface area contributed by atoms with E-state index in [-0.39, 0.29) is 17.6 Å². The van der Waals surface area contributed by atoms with Crippen LogP contribution in [-0.4, -0.2) is 28.4 Å². The summed E-state index contributed by atoms with van der Waals surface area (Å²) in [6, 6.07) is 13.6. The molecule has 3 aromatic rings. The molecule has 0 spiro atoms.